The zero-order chi connectivity index (χ0) is 9.14. The van der Waals surface area contributed by atoms with Crippen LogP contribution in [0.15, 0.2) is 0 Å². The minimum absolute atomic E-state index is 0. The van der Waals surface area contributed by atoms with Gasteiger partial charge in [0.1, 0.15) is 5.69 Å². The Morgan fingerprint density at radius 1 is 1.62 bits per heavy atom. The summed E-state index contributed by atoms with van der Waals surface area (Å²) >= 11 is 0. The Labute approximate surface area is 101 Å². The molecule has 6 heteroatoms. The van der Waals surface area contributed by atoms with Gasteiger partial charge in [0.05, 0.1) is 12.3 Å². The number of nitrogens with zero attached hydrogens (tertiary/aromatic N) is 3. The molecule has 1 rings (SSSR count). The molecule has 1 unspecified atom stereocenters. The van der Waals surface area contributed by atoms with Crippen molar-refractivity contribution in [3.05, 3.63) is 18.3 Å². The van der Waals surface area contributed by atoms with E-state index in [2.05, 4.69) is 17.2 Å². The van der Waals surface area contributed by atoms with E-state index in [9.17, 15) is 0 Å². The molecule has 0 bridgehead atoms. The topological polar surface area (TPSA) is 71.2 Å². The van der Waals surface area contributed by atoms with Crippen molar-refractivity contribution in [3.63, 3.8) is 0 Å². The van der Waals surface area contributed by atoms with Crippen LogP contribution in [0.2, 0.25) is 0 Å². The first-order valence-corrected chi connectivity index (χ1v) is 3.66. The summed E-state index contributed by atoms with van der Waals surface area (Å²) in [7, 11) is 0. The molecule has 0 amide bonds. The largest absolute Gasteiger partial charge is 0.423 e. The molecule has 0 aliphatic heterocycles. The summed E-state index contributed by atoms with van der Waals surface area (Å²) in [5, 5.41) is 25.2. The fraction of sp³-hybridized carbons (Fsp3) is 0.571. The van der Waals surface area contributed by atoms with E-state index >= 15 is 0 Å². The minimum atomic E-state index is -0.697. The number of rotatable bonds is 3. The second-order valence-electron chi connectivity index (χ2n) is 2.62. The van der Waals surface area contributed by atoms with Crippen LogP contribution in [0.4, 0.5) is 0 Å². The molecule has 1 aromatic heterocycles. The van der Waals surface area contributed by atoms with E-state index in [0.29, 0.717) is 12.2 Å². The first kappa shape index (κ1) is 13.1. The van der Waals surface area contributed by atoms with E-state index in [1.807, 2.05) is 0 Å². The first-order chi connectivity index (χ1) is 5.65. The quantitative estimate of drug-likeness (QED) is 0.648. The van der Waals surface area contributed by atoms with Crippen molar-refractivity contribution >= 4 is 0 Å². The molecule has 1 aromatic rings. The van der Waals surface area contributed by atoms with Gasteiger partial charge in [0.25, 0.3) is 0 Å². The molecule has 5 nitrogen and oxygen atoms in total. The summed E-state index contributed by atoms with van der Waals surface area (Å²) < 4.78 is 1.52. The Balaban J connectivity index is 0.00000144. The molecule has 0 spiro atoms. The SMILES string of the molecule is [CH2-]C(O)Cn1nnc(CO)c1C.[U]. The molecule has 0 saturated heterocycles. The van der Waals surface area contributed by atoms with Gasteiger partial charge in [-0.15, -0.1) is 5.10 Å². The van der Waals surface area contributed by atoms with Gasteiger partial charge >= 0.3 is 0 Å². The number of hydrogen-bond donors (Lipinski definition) is 2. The van der Waals surface area contributed by atoms with Crippen LogP contribution in [0, 0.1) is 45.0 Å². The van der Waals surface area contributed by atoms with E-state index < -0.39 is 6.10 Å². The second kappa shape index (κ2) is 5.76. The molecule has 0 radical (unpaired) electrons. The second-order valence-corrected chi connectivity index (χ2v) is 2.62. The maximum absolute atomic E-state index is 8.95. The standard InChI is InChI=1S/C7H12N3O2.U/c1-5(12)3-10-6(2)7(4-11)8-9-10;/h5,11-12H,1,3-4H2,2H3;/q-1;. The van der Waals surface area contributed by atoms with Crippen molar-refractivity contribution in [3.8, 4) is 0 Å². The predicted molar refractivity (Wildman–Crippen MR) is 42.0 cm³/mol. The third-order valence-corrected chi connectivity index (χ3v) is 1.61. The number of aliphatic hydroxyl groups is 2. The fourth-order valence-corrected chi connectivity index (χ4v) is 0.915. The summed E-state index contributed by atoms with van der Waals surface area (Å²) in [4.78, 5) is 0. The van der Waals surface area contributed by atoms with E-state index in [1.54, 1.807) is 6.92 Å². The van der Waals surface area contributed by atoms with Crippen molar-refractivity contribution < 1.29 is 41.3 Å². The van der Waals surface area contributed by atoms with Gasteiger partial charge in [-0.3, -0.25) is 0 Å². The van der Waals surface area contributed by atoms with Crippen LogP contribution in [0.5, 0.6) is 0 Å². The summed E-state index contributed by atoms with van der Waals surface area (Å²) in [5.74, 6) is 0. The zero-order valence-electron chi connectivity index (χ0n) is 7.43. The Morgan fingerprint density at radius 3 is 2.62 bits per heavy atom. The van der Waals surface area contributed by atoms with Gasteiger partial charge in [-0.1, -0.05) is 11.3 Å². The van der Waals surface area contributed by atoms with Crippen LogP contribution in [0.1, 0.15) is 11.4 Å². The monoisotopic (exact) mass is 408 g/mol. The van der Waals surface area contributed by atoms with Gasteiger partial charge in [0.2, 0.25) is 0 Å². The predicted octanol–water partition coefficient (Wildman–Crippen LogP) is -0.726. The van der Waals surface area contributed by atoms with Crippen molar-refractivity contribution in [2.45, 2.75) is 26.2 Å². The summed E-state index contributed by atoms with van der Waals surface area (Å²) in [6, 6.07) is 0. The molecule has 0 aromatic carbocycles. The smallest absolute Gasteiger partial charge is 0.111 e. The first-order valence-electron chi connectivity index (χ1n) is 3.66. The molecular formula is C7H12N3O2U-. The van der Waals surface area contributed by atoms with Crippen LogP contribution in [-0.4, -0.2) is 31.3 Å². The van der Waals surface area contributed by atoms with Crippen molar-refractivity contribution in [2.75, 3.05) is 0 Å². The Bertz CT molecular complexity index is 262. The number of aliphatic hydroxyl groups excluding tert-OH is 2. The third-order valence-electron chi connectivity index (χ3n) is 1.61. The molecule has 2 N–H and O–H groups in total. The van der Waals surface area contributed by atoms with E-state index in [0.717, 1.165) is 5.69 Å². The molecule has 1 atom stereocenters. The van der Waals surface area contributed by atoms with Gasteiger partial charge in [0, 0.05) is 37.7 Å². The molecule has 0 aliphatic rings. The van der Waals surface area contributed by atoms with Crippen molar-refractivity contribution in [1.29, 1.82) is 0 Å². The fourth-order valence-electron chi connectivity index (χ4n) is 0.915. The molecular weight excluding hydrogens is 396 g/mol. The molecule has 13 heavy (non-hydrogen) atoms. The van der Waals surface area contributed by atoms with Gasteiger partial charge in [-0.2, -0.15) is 0 Å². The molecule has 0 fully saturated rings. The summed E-state index contributed by atoms with van der Waals surface area (Å²) in [5.41, 5.74) is 1.30. The van der Waals surface area contributed by atoms with E-state index in [-0.39, 0.29) is 37.7 Å². The average Bonchev–Trinajstić information content (AvgIpc) is 2.32. The number of aromatic nitrogens is 3. The van der Waals surface area contributed by atoms with Crippen LogP contribution in [-0.2, 0) is 13.2 Å². The van der Waals surface area contributed by atoms with Crippen LogP contribution in [0.25, 0.3) is 0 Å². The Kier molecular flexibility index (Phi) is 5.81. The van der Waals surface area contributed by atoms with E-state index in [1.165, 1.54) is 4.68 Å². The van der Waals surface area contributed by atoms with Gasteiger partial charge < -0.3 is 17.1 Å². The van der Waals surface area contributed by atoms with Crippen molar-refractivity contribution in [1.82, 2.24) is 15.0 Å². The van der Waals surface area contributed by atoms with Crippen LogP contribution < -0.4 is 0 Å². The molecule has 0 aliphatic carbocycles. The molecule has 72 valence electrons. The number of hydrogen-bond acceptors (Lipinski definition) is 4. The Morgan fingerprint density at radius 2 is 2.23 bits per heavy atom. The van der Waals surface area contributed by atoms with Gasteiger partial charge in [0.15, 0.2) is 0 Å². The third kappa shape index (κ3) is 3.39. The zero-order valence-corrected chi connectivity index (χ0v) is 11.6. The average molecular weight is 408 g/mol. The van der Waals surface area contributed by atoms with Crippen LogP contribution >= 0.6 is 0 Å². The maximum Gasteiger partial charge on any atom is 0.111 e. The van der Waals surface area contributed by atoms with Crippen LogP contribution in [0.3, 0.4) is 0 Å². The van der Waals surface area contributed by atoms with Crippen molar-refractivity contribution in [2.24, 2.45) is 0 Å². The summed E-state index contributed by atoms with van der Waals surface area (Å²) in [6.07, 6.45) is -0.697. The Hall–Kier alpha value is 0.112. The summed E-state index contributed by atoms with van der Waals surface area (Å²) in [6.45, 7) is 5.38. The maximum atomic E-state index is 8.95. The molecule has 0 saturated carbocycles. The van der Waals surface area contributed by atoms with Gasteiger partial charge in [-0.25, -0.2) is 4.68 Å². The molecule has 1 heterocycles. The minimum Gasteiger partial charge on any atom is -0.423 e. The normalized spacial score (nSPS) is 12.3. The van der Waals surface area contributed by atoms with E-state index in [4.69, 9.17) is 10.2 Å². The van der Waals surface area contributed by atoms with Gasteiger partial charge in [-0.05, 0) is 6.92 Å².